The van der Waals surface area contributed by atoms with Crippen molar-refractivity contribution in [3.05, 3.63) is 17.8 Å². The summed E-state index contributed by atoms with van der Waals surface area (Å²) >= 11 is 0. The van der Waals surface area contributed by atoms with Gasteiger partial charge in [-0.2, -0.15) is 5.10 Å². The Morgan fingerprint density at radius 1 is 1.00 bits per heavy atom. The molecule has 240 valence electrons. The molecule has 0 aliphatic heterocycles. The first-order chi connectivity index (χ1) is 20.3. The molecular weight excluding hydrogens is 546 g/mol. The van der Waals surface area contributed by atoms with Crippen molar-refractivity contribution in [2.75, 3.05) is 19.7 Å². The van der Waals surface area contributed by atoms with Crippen molar-refractivity contribution in [3.63, 3.8) is 0 Å². The summed E-state index contributed by atoms with van der Waals surface area (Å²) in [5.74, 6) is 3.20. The molecule has 0 spiro atoms. The van der Waals surface area contributed by atoms with Crippen LogP contribution in [0.5, 0.6) is 5.88 Å². The standard InChI is InChI=1S/C33H53N5O5/c1-8-33(9-2,30(40)34-11-12-35-31(41)43-32(5,6)7)10-13-38-29(42-20-21(3)4)26(19-36-38)28(39)37-27-24-15-22-14-23(17-24)18-25(27)16-22/h10,13,19,21-25,27H,8-9,11-12,14-18,20H2,1-7H3,(H,34,40)(H,35,41)(H,37,39). The second-order valence-corrected chi connectivity index (χ2v) is 14.3. The fourth-order valence-corrected chi connectivity index (χ4v) is 7.32. The van der Waals surface area contributed by atoms with Gasteiger partial charge in [0.1, 0.15) is 11.2 Å². The van der Waals surface area contributed by atoms with Crippen LogP contribution < -0.4 is 20.7 Å². The van der Waals surface area contributed by atoms with E-state index in [1.165, 1.54) is 32.1 Å². The van der Waals surface area contributed by atoms with E-state index in [2.05, 4.69) is 34.9 Å². The Hall–Kier alpha value is -3.04. The number of hydrogen-bond acceptors (Lipinski definition) is 6. The van der Waals surface area contributed by atoms with Gasteiger partial charge in [-0.15, -0.1) is 0 Å². The van der Waals surface area contributed by atoms with Gasteiger partial charge in [0, 0.05) is 25.3 Å². The van der Waals surface area contributed by atoms with Gasteiger partial charge in [0.2, 0.25) is 11.8 Å². The summed E-state index contributed by atoms with van der Waals surface area (Å²) in [4.78, 5) is 38.9. The smallest absolute Gasteiger partial charge is 0.407 e. The number of ether oxygens (including phenoxy) is 2. The molecule has 4 saturated carbocycles. The van der Waals surface area contributed by atoms with Crippen LogP contribution in [0.1, 0.15) is 104 Å². The van der Waals surface area contributed by atoms with Crippen LogP contribution in [-0.2, 0) is 9.53 Å². The van der Waals surface area contributed by atoms with E-state index in [4.69, 9.17) is 9.47 Å². The van der Waals surface area contributed by atoms with E-state index in [1.807, 2.05) is 19.9 Å². The van der Waals surface area contributed by atoms with Crippen molar-refractivity contribution in [1.82, 2.24) is 25.7 Å². The van der Waals surface area contributed by atoms with E-state index >= 15 is 0 Å². The van der Waals surface area contributed by atoms with Crippen LogP contribution in [0.3, 0.4) is 0 Å². The molecule has 3 N–H and O–H groups in total. The highest BCUT2D eigenvalue weighted by molar-refractivity contribution is 5.96. The number of hydrogen-bond donors (Lipinski definition) is 3. The second-order valence-electron chi connectivity index (χ2n) is 14.3. The molecule has 4 fully saturated rings. The third-order valence-electron chi connectivity index (χ3n) is 9.40. The van der Waals surface area contributed by atoms with Gasteiger partial charge < -0.3 is 25.4 Å². The fourth-order valence-electron chi connectivity index (χ4n) is 7.32. The number of aromatic nitrogens is 2. The molecule has 10 nitrogen and oxygen atoms in total. The summed E-state index contributed by atoms with van der Waals surface area (Å²) in [5, 5.41) is 13.5. The molecule has 43 heavy (non-hydrogen) atoms. The lowest BCUT2D eigenvalue weighted by molar-refractivity contribution is -0.128. The van der Waals surface area contributed by atoms with Gasteiger partial charge in [0.15, 0.2) is 0 Å². The third-order valence-corrected chi connectivity index (χ3v) is 9.40. The molecule has 1 aromatic heterocycles. The number of carbonyl (C=O) groups is 3. The van der Waals surface area contributed by atoms with Crippen molar-refractivity contribution in [2.45, 2.75) is 105 Å². The van der Waals surface area contributed by atoms with Crippen LogP contribution in [0.2, 0.25) is 0 Å². The summed E-state index contributed by atoms with van der Waals surface area (Å²) in [6.45, 7) is 14.4. The highest BCUT2D eigenvalue weighted by Gasteiger charge is 2.48. The highest BCUT2D eigenvalue weighted by atomic mass is 16.6. The molecule has 1 aromatic rings. The zero-order chi connectivity index (χ0) is 31.4. The Kier molecular flexibility index (Phi) is 10.5. The van der Waals surface area contributed by atoms with E-state index in [0.29, 0.717) is 42.7 Å². The van der Waals surface area contributed by atoms with Crippen molar-refractivity contribution in [2.24, 2.45) is 35.0 Å². The maximum absolute atomic E-state index is 13.6. The summed E-state index contributed by atoms with van der Waals surface area (Å²) in [5.41, 5.74) is -0.955. The van der Waals surface area contributed by atoms with Gasteiger partial charge in [-0.05, 0) is 95.3 Å². The van der Waals surface area contributed by atoms with Gasteiger partial charge in [0.25, 0.3) is 5.91 Å². The Morgan fingerprint density at radius 2 is 1.60 bits per heavy atom. The molecular formula is C33H53N5O5. The molecule has 1 heterocycles. The molecule has 3 amide bonds. The molecule has 5 rings (SSSR count). The normalized spacial score (nSPS) is 24.8. The van der Waals surface area contributed by atoms with Crippen LogP contribution in [0, 0.1) is 35.0 Å². The van der Waals surface area contributed by atoms with Crippen molar-refractivity contribution < 1.29 is 23.9 Å². The number of amides is 3. The number of alkyl carbamates (subject to hydrolysis) is 1. The molecule has 0 unspecified atom stereocenters. The van der Waals surface area contributed by atoms with Gasteiger partial charge in [-0.1, -0.05) is 33.8 Å². The minimum Gasteiger partial charge on any atom is -0.477 e. The fraction of sp³-hybridized carbons (Fsp3) is 0.758. The number of nitrogens with one attached hydrogen (secondary N) is 3. The van der Waals surface area contributed by atoms with Gasteiger partial charge in [-0.25, -0.2) is 9.48 Å². The Morgan fingerprint density at radius 3 is 2.16 bits per heavy atom. The molecule has 0 radical (unpaired) electrons. The molecule has 0 aromatic carbocycles. The molecule has 10 heteroatoms. The lowest BCUT2D eigenvalue weighted by atomic mass is 9.54. The maximum Gasteiger partial charge on any atom is 0.407 e. The van der Waals surface area contributed by atoms with E-state index in [1.54, 1.807) is 37.8 Å². The second kappa shape index (κ2) is 13.7. The average Bonchev–Trinajstić information content (AvgIpc) is 3.34. The maximum atomic E-state index is 13.6. The minimum atomic E-state index is -0.796. The van der Waals surface area contributed by atoms with Crippen molar-refractivity contribution in [1.29, 1.82) is 0 Å². The largest absolute Gasteiger partial charge is 0.477 e. The first-order valence-corrected chi connectivity index (χ1v) is 16.3. The summed E-state index contributed by atoms with van der Waals surface area (Å²) in [7, 11) is 0. The predicted molar refractivity (Wildman–Crippen MR) is 166 cm³/mol. The third kappa shape index (κ3) is 8.12. The lowest BCUT2D eigenvalue weighted by Crippen LogP contribution is -2.55. The first kappa shape index (κ1) is 32.9. The van der Waals surface area contributed by atoms with Crippen LogP contribution in [0.4, 0.5) is 4.79 Å². The Bertz CT molecular complexity index is 1130. The highest BCUT2D eigenvalue weighted by Crippen LogP contribution is 2.53. The number of rotatable bonds is 13. The van der Waals surface area contributed by atoms with Crippen LogP contribution >= 0.6 is 0 Å². The van der Waals surface area contributed by atoms with Crippen molar-refractivity contribution >= 4 is 24.1 Å². The molecule has 4 bridgehead atoms. The SMILES string of the molecule is CCC(C=Cn1ncc(C(=O)NC2C3CC4CC(C3)CC2C4)c1OCC(C)C)(CC)C(=O)NCCNC(=O)OC(C)(C)C. The minimum absolute atomic E-state index is 0.136. The van der Waals surface area contributed by atoms with Crippen molar-refractivity contribution in [3.8, 4) is 5.88 Å². The molecule has 0 saturated heterocycles. The molecule has 0 atom stereocenters. The van der Waals surface area contributed by atoms with E-state index in [9.17, 15) is 14.4 Å². The molecule has 4 aliphatic carbocycles. The van der Waals surface area contributed by atoms with Gasteiger partial charge in [0.05, 0.1) is 18.2 Å². The van der Waals surface area contributed by atoms with E-state index < -0.39 is 17.1 Å². The van der Waals surface area contributed by atoms with E-state index in [-0.39, 0.29) is 36.9 Å². The van der Waals surface area contributed by atoms with Gasteiger partial charge in [-0.3, -0.25) is 9.59 Å². The monoisotopic (exact) mass is 599 g/mol. The van der Waals surface area contributed by atoms with Crippen LogP contribution in [0.15, 0.2) is 12.3 Å². The lowest BCUT2D eigenvalue weighted by Gasteiger charge is -2.54. The predicted octanol–water partition coefficient (Wildman–Crippen LogP) is 5.39. The summed E-state index contributed by atoms with van der Waals surface area (Å²) < 4.78 is 13.0. The first-order valence-electron chi connectivity index (χ1n) is 16.3. The summed E-state index contributed by atoms with van der Waals surface area (Å²) in [6.07, 6.45) is 12.1. The Balaban J connectivity index is 1.44. The van der Waals surface area contributed by atoms with E-state index in [0.717, 1.165) is 11.8 Å². The van der Waals surface area contributed by atoms with Crippen LogP contribution in [-0.4, -0.2) is 59.0 Å². The molecule has 4 aliphatic rings. The summed E-state index contributed by atoms with van der Waals surface area (Å²) in [6, 6.07) is 0.221. The number of nitrogens with zero attached hydrogens (tertiary/aromatic N) is 2. The van der Waals surface area contributed by atoms with Gasteiger partial charge >= 0.3 is 6.09 Å². The Labute approximate surface area is 257 Å². The number of carbonyl (C=O) groups excluding carboxylic acids is 3. The topological polar surface area (TPSA) is 124 Å². The zero-order valence-corrected chi connectivity index (χ0v) is 27.2. The zero-order valence-electron chi connectivity index (χ0n) is 27.2. The average molecular weight is 600 g/mol. The van der Waals surface area contributed by atoms with Crippen LogP contribution in [0.25, 0.3) is 6.20 Å². The quantitative estimate of drug-likeness (QED) is 0.261.